The molecular weight excluding hydrogens is 330 g/mol. The highest BCUT2D eigenvalue weighted by Gasteiger charge is 2.19. The van der Waals surface area contributed by atoms with Gasteiger partial charge in [0.1, 0.15) is 5.82 Å². The second-order valence-corrected chi connectivity index (χ2v) is 6.28. The van der Waals surface area contributed by atoms with Gasteiger partial charge in [-0.25, -0.2) is 9.97 Å². The molecule has 0 atom stereocenters. The van der Waals surface area contributed by atoms with Crippen LogP contribution < -0.4 is 4.90 Å². The van der Waals surface area contributed by atoms with Gasteiger partial charge in [0.15, 0.2) is 5.82 Å². The zero-order chi connectivity index (χ0) is 18.5. The fourth-order valence-corrected chi connectivity index (χ4v) is 3.02. The highest BCUT2D eigenvalue weighted by molar-refractivity contribution is 5.61. The van der Waals surface area contributed by atoms with Gasteiger partial charge >= 0.3 is 0 Å². The third-order valence-electron chi connectivity index (χ3n) is 4.42. The topological polar surface area (TPSA) is 75.4 Å². The first-order valence-electron chi connectivity index (χ1n) is 8.58. The van der Waals surface area contributed by atoms with E-state index in [0.29, 0.717) is 11.4 Å². The molecule has 0 saturated carbocycles. The van der Waals surface area contributed by atoms with Crippen LogP contribution >= 0.6 is 0 Å². The van der Waals surface area contributed by atoms with Crippen molar-refractivity contribution in [3.63, 3.8) is 0 Å². The zero-order valence-corrected chi connectivity index (χ0v) is 14.8. The lowest BCUT2D eigenvalue weighted by Crippen LogP contribution is -2.46. The fraction of sp³-hybridized carbons (Fsp3) is 0.368. The van der Waals surface area contributed by atoms with Crippen LogP contribution in [0.15, 0.2) is 30.3 Å². The lowest BCUT2D eigenvalue weighted by atomic mass is 10.2. The normalized spacial score (nSPS) is 14.8. The molecule has 1 fully saturated rings. The van der Waals surface area contributed by atoms with Crippen molar-refractivity contribution in [1.29, 1.82) is 0 Å². The van der Waals surface area contributed by atoms with E-state index in [1.807, 2.05) is 13.0 Å². The number of nitro benzene ring substituents is 1. The number of hydrogen-bond donors (Lipinski definition) is 0. The summed E-state index contributed by atoms with van der Waals surface area (Å²) in [4.78, 5) is 24.3. The maximum absolute atomic E-state index is 11.0. The van der Waals surface area contributed by atoms with Crippen molar-refractivity contribution in [2.24, 2.45) is 0 Å². The lowest BCUT2D eigenvalue weighted by molar-refractivity contribution is -0.384. The first-order chi connectivity index (χ1) is 12.6. The summed E-state index contributed by atoms with van der Waals surface area (Å²) < 4.78 is 0. The Morgan fingerprint density at radius 3 is 2.69 bits per heavy atom. The number of rotatable bonds is 5. The van der Waals surface area contributed by atoms with E-state index in [-0.39, 0.29) is 5.69 Å². The molecule has 1 saturated heterocycles. The standard InChI is InChI=1S/C19H21N5O2/c1-3-4-8-22-9-11-23(12-10-22)18-13-15(2)20-19(21-18)16-6-5-7-17(14-16)24(25)26/h1,5-7,13-14H,4,8-12H2,2H3. The maximum Gasteiger partial charge on any atom is 0.270 e. The van der Waals surface area contributed by atoms with Gasteiger partial charge in [-0.1, -0.05) is 12.1 Å². The molecular formula is C19H21N5O2. The van der Waals surface area contributed by atoms with E-state index in [4.69, 9.17) is 6.42 Å². The fourth-order valence-electron chi connectivity index (χ4n) is 3.02. The summed E-state index contributed by atoms with van der Waals surface area (Å²) in [5.41, 5.74) is 1.53. The summed E-state index contributed by atoms with van der Waals surface area (Å²) in [6.45, 7) is 6.46. The number of terminal acetylenes is 1. The van der Waals surface area contributed by atoms with E-state index in [1.165, 1.54) is 12.1 Å². The Morgan fingerprint density at radius 2 is 2.00 bits per heavy atom. The van der Waals surface area contributed by atoms with Crippen molar-refractivity contribution >= 4 is 11.5 Å². The second-order valence-electron chi connectivity index (χ2n) is 6.28. The minimum atomic E-state index is -0.407. The molecule has 1 aromatic carbocycles. The molecule has 3 rings (SSSR count). The average Bonchev–Trinajstić information content (AvgIpc) is 2.66. The van der Waals surface area contributed by atoms with Gasteiger partial charge in [-0.3, -0.25) is 15.0 Å². The number of nitro groups is 1. The lowest BCUT2D eigenvalue weighted by Gasteiger charge is -2.35. The van der Waals surface area contributed by atoms with E-state index >= 15 is 0 Å². The zero-order valence-electron chi connectivity index (χ0n) is 14.8. The predicted octanol–water partition coefficient (Wildman–Crippen LogP) is 2.51. The Bertz CT molecular complexity index is 838. The summed E-state index contributed by atoms with van der Waals surface area (Å²) in [7, 11) is 0. The second kappa shape index (κ2) is 7.93. The van der Waals surface area contributed by atoms with E-state index in [2.05, 4.69) is 25.7 Å². The van der Waals surface area contributed by atoms with Crippen LogP contribution in [-0.4, -0.2) is 52.5 Å². The summed E-state index contributed by atoms with van der Waals surface area (Å²) >= 11 is 0. The van der Waals surface area contributed by atoms with Gasteiger partial charge in [0.05, 0.1) is 4.92 Å². The van der Waals surface area contributed by atoms with Crippen LogP contribution in [0.2, 0.25) is 0 Å². The van der Waals surface area contributed by atoms with Crippen molar-refractivity contribution < 1.29 is 4.92 Å². The quantitative estimate of drug-likeness (QED) is 0.468. The van der Waals surface area contributed by atoms with Crippen LogP contribution in [0.1, 0.15) is 12.1 Å². The largest absolute Gasteiger partial charge is 0.354 e. The Morgan fingerprint density at radius 1 is 1.23 bits per heavy atom. The smallest absolute Gasteiger partial charge is 0.270 e. The maximum atomic E-state index is 11.0. The Balaban J connectivity index is 1.80. The van der Waals surface area contributed by atoms with Crippen LogP contribution in [0.5, 0.6) is 0 Å². The monoisotopic (exact) mass is 351 g/mol. The molecule has 1 aromatic heterocycles. The summed E-state index contributed by atoms with van der Waals surface area (Å²) in [5.74, 6) is 4.05. The Kier molecular flexibility index (Phi) is 5.44. The molecule has 1 aliphatic heterocycles. The molecule has 0 radical (unpaired) electrons. The number of aromatic nitrogens is 2. The third-order valence-corrected chi connectivity index (χ3v) is 4.42. The Labute approximate surface area is 152 Å². The molecule has 0 amide bonds. The van der Waals surface area contributed by atoms with Gasteiger partial charge in [0.2, 0.25) is 0 Å². The van der Waals surface area contributed by atoms with Gasteiger partial charge in [-0.2, -0.15) is 0 Å². The van der Waals surface area contributed by atoms with Crippen molar-refractivity contribution in [2.75, 3.05) is 37.6 Å². The molecule has 0 unspecified atom stereocenters. The van der Waals surface area contributed by atoms with E-state index < -0.39 is 4.92 Å². The van der Waals surface area contributed by atoms with Crippen LogP contribution in [-0.2, 0) is 0 Å². The van der Waals surface area contributed by atoms with Crippen LogP contribution in [0.3, 0.4) is 0 Å². The van der Waals surface area contributed by atoms with Crippen molar-refractivity contribution in [3.05, 3.63) is 46.1 Å². The highest BCUT2D eigenvalue weighted by Crippen LogP contribution is 2.24. The number of aryl methyl sites for hydroxylation is 1. The minimum Gasteiger partial charge on any atom is -0.354 e. The number of nitrogens with zero attached hydrogens (tertiary/aromatic N) is 5. The van der Waals surface area contributed by atoms with Gasteiger partial charge in [-0.05, 0) is 6.92 Å². The van der Waals surface area contributed by atoms with E-state index in [9.17, 15) is 10.1 Å². The number of anilines is 1. The number of benzene rings is 1. The first kappa shape index (κ1) is 17.8. The van der Waals surface area contributed by atoms with E-state index in [0.717, 1.165) is 50.7 Å². The molecule has 134 valence electrons. The highest BCUT2D eigenvalue weighted by atomic mass is 16.6. The molecule has 1 aliphatic rings. The first-order valence-corrected chi connectivity index (χ1v) is 8.58. The average molecular weight is 351 g/mol. The van der Waals surface area contributed by atoms with Gasteiger partial charge in [-0.15, -0.1) is 12.3 Å². The molecule has 2 heterocycles. The predicted molar refractivity (Wildman–Crippen MR) is 101 cm³/mol. The molecule has 7 heteroatoms. The Hall–Kier alpha value is -2.98. The third kappa shape index (κ3) is 4.16. The number of piperazine rings is 1. The van der Waals surface area contributed by atoms with Crippen LogP contribution in [0, 0.1) is 29.4 Å². The number of hydrogen-bond acceptors (Lipinski definition) is 6. The minimum absolute atomic E-state index is 0.0382. The van der Waals surface area contributed by atoms with Crippen molar-refractivity contribution in [3.8, 4) is 23.7 Å². The summed E-state index contributed by atoms with van der Waals surface area (Å²) in [5, 5.41) is 11.0. The molecule has 0 bridgehead atoms. The van der Waals surface area contributed by atoms with Crippen LogP contribution in [0.25, 0.3) is 11.4 Å². The molecule has 2 aromatic rings. The van der Waals surface area contributed by atoms with Gasteiger partial charge < -0.3 is 4.90 Å². The van der Waals surface area contributed by atoms with E-state index in [1.54, 1.807) is 12.1 Å². The van der Waals surface area contributed by atoms with Crippen molar-refractivity contribution in [2.45, 2.75) is 13.3 Å². The summed E-state index contributed by atoms with van der Waals surface area (Å²) in [6, 6.07) is 8.39. The summed E-state index contributed by atoms with van der Waals surface area (Å²) in [6.07, 6.45) is 6.10. The number of non-ortho nitro benzene ring substituents is 1. The van der Waals surface area contributed by atoms with Crippen LogP contribution in [0.4, 0.5) is 11.5 Å². The molecule has 7 nitrogen and oxygen atoms in total. The molecule has 0 spiro atoms. The molecule has 26 heavy (non-hydrogen) atoms. The molecule has 0 N–H and O–H groups in total. The molecule has 0 aliphatic carbocycles. The van der Waals surface area contributed by atoms with Gasteiger partial charge in [0, 0.05) is 68.6 Å². The van der Waals surface area contributed by atoms with Gasteiger partial charge in [0.25, 0.3) is 5.69 Å². The SMILES string of the molecule is C#CCCN1CCN(c2cc(C)nc(-c3cccc([N+](=O)[O-])c3)n2)CC1. The van der Waals surface area contributed by atoms with Crippen molar-refractivity contribution in [1.82, 2.24) is 14.9 Å².